The third kappa shape index (κ3) is 3.30. The van der Waals surface area contributed by atoms with Crippen molar-refractivity contribution in [3.05, 3.63) is 47.8 Å². The van der Waals surface area contributed by atoms with Crippen LogP contribution in [0.4, 0.5) is 4.39 Å². The molecule has 0 aliphatic rings. The average molecular weight is 194 g/mol. The number of rotatable bonds is 4. The van der Waals surface area contributed by atoms with E-state index in [9.17, 15) is 9.50 Å². The van der Waals surface area contributed by atoms with E-state index in [2.05, 4.69) is 6.58 Å². The molecule has 1 aromatic carbocycles. The Morgan fingerprint density at radius 2 is 2.29 bits per heavy atom. The summed E-state index contributed by atoms with van der Waals surface area (Å²) in [6.45, 7) is 5.67. The van der Waals surface area contributed by atoms with E-state index in [1.165, 1.54) is 12.1 Å². The Balaban J connectivity index is 2.60. The van der Waals surface area contributed by atoms with Crippen LogP contribution in [0, 0.1) is 5.82 Å². The number of hydrogen-bond acceptors (Lipinski definition) is 1. The molecule has 0 aliphatic heterocycles. The van der Waals surface area contributed by atoms with Crippen LogP contribution in [0.2, 0.25) is 0 Å². The van der Waals surface area contributed by atoms with Crippen molar-refractivity contribution >= 4 is 0 Å². The van der Waals surface area contributed by atoms with Crippen molar-refractivity contribution in [1.82, 2.24) is 0 Å². The maximum atomic E-state index is 12.8. The van der Waals surface area contributed by atoms with E-state index < -0.39 is 6.10 Å². The van der Waals surface area contributed by atoms with Gasteiger partial charge in [-0.05, 0) is 37.5 Å². The lowest BCUT2D eigenvalue weighted by molar-refractivity contribution is 0.167. The molecule has 0 amide bonds. The summed E-state index contributed by atoms with van der Waals surface area (Å²) in [5.74, 6) is -0.308. The Morgan fingerprint density at radius 1 is 1.57 bits per heavy atom. The molecule has 0 fully saturated rings. The van der Waals surface area contributed by atoms with E-state index in [0.29, 0.717) is 12.0 Å². The van der Waals surface area contributed by atoms with Crippen molar-refractivity contribution in [2.24, 2.45) is 0 Å². The Labute approximate surface area is 83.9 Å². The van der Waals surface area contributed by atoms with Gasteiger partial charge in [0.1, 0.15) is 5.82 Å². The molecule has 1 aromatic rings. The summed E-state index contributed by atoms with van der Waals surface area (Å²) in [7, 11) is 0. The van der Waals surface area contributed by atoms with E-state index in [1.54, 1.807) is 12.1 Å². The quantitative estimate of drug-likeness (QED) is 0.730. The molecule has 1 atom stereocenters. The third-order valence-corrected chi connectivity index (χ3v) is 2.08. The predicted octanol–water partition coefficient (Wildman–Crippen LogP) is 3.22. The van der Waals surface area contributed by atoms with E-state index in [-0.39, 0.29) is 5.82 Å². The molecule has 2 heteroatoms. The Bertz CT molecular complexity index is 320. The summed E-state index contributed by atoms with van der Waals surface area (Å²) >= 11 is 0. The van der Waals surface area contributed by atoms with E-state index in [0.717, 1.165) is 12.0 Å². The molecule has 1 rings (SSSR count). The Morgan fingerprint density at radius 3 is 2.86 bits per heavy atom. The molecule has 76 valence electrons. The third-order valence-electron chi connectivity index (χ3n) is 2.08. The average Bonchev–Trinajstić information content (AvgIpc) is 2.14. The lowest BCUT2D eigenvalue weighted by atomic mass is 10.0. The number of allylic oxidation sites excluding steroid dienone is 1. The summed E-state index contributed by atoms with van der Waals surface area (Å²) in [5.41, 5.74) is 1.66. The maximum absolute atomic E-state index is 12.8. The summed E-state index contributed by atoms with van der Waals surface area (Å²) in [5, 5.41) is 9.69. The second-order valence-electron chi connectivity index (χ2n) is 3.57. The van der Waals surface area contributed by atoms with Gasteiger partial charge in [-0.15, -0.1) is 6.58 Å². The molecule has 0 saturated carbocycles. The van der Waals surface area contributed by atoms with Gasteiger partial charge in [0.2, 0.25) is 0 Å². The molecule has 0 spiro atoms. The van der Waals surface area contributed by atoms with Crippen molar-refractivity contribution in [2.75, 3.05) is 0 Å². The summed E-state index contributed by atoms with van der Waals surface area (Å²) < 4.78 is 12.8. The van der Waals surface area contributed by atoms with Crippen LogP contribution >= 0.6 is 0 Å². The van der Waals surface area contributed by atoms with E-state index in [4.69, 9.17) is 0 Å². The first-order valence-electron chi connectivity index (χ1n) is 4.67. The van der Waals surface area contributed by atoms with Crippen molar-refractivity contribution in [1.29, 1.82) is 0 Å². The predicted molar refractivity (Wildman–Crippen MR) is 55.4 cm³/mol. The maximum Gasteiger partial charge on any atom is 0.123 e. The largest absolute Gasteiger partial charge is 0.388 e. The molecule has 14 heavy (non-hydrogen) atoms. The van der Waals surface area contributed by atoms with Crippen molar-refractivity contribution in [2.45, 2.75) is 25.9 Å². The smallest absolute Gasteiger partial charge is 0.123 e. The molecule has 0 radical (unpaired) electrons. The van der Waals surface area contributed by atoms with Gasteiger partial charge in [0.15, 0.2) is 0 Å². The van der Waals surface area contributed by atoms with Gasteiger partial charge in [0.25, 0.3) is 0 Å². The summed E-state index contributed by atoms with van der Waals surface area (Å²) in [6, 6.07) is 6.07. The highest BCUT2D eigenvalue weighted by Crippen LogP contribution is 2.20. The summed E-state index contributed by atoms with van der Waals surface area (Å²) in [4.78, 5) is 0. The number of aliphatic hydroxyl groups is 1. The number of benzene rings is 1. The highest BCUT2D eigenvalue weighted by atomic mass is 19.1. The SMILES string of the molecule is C=C(C)CCC(O)c1cccc(F)c1. The van der Waals surface area contributed by atoms with Gasteiger partial charge in [-0.3, -0.25) is 0 Å². The first kappa shape index (κ1) is 10.9. The van der Waals surface area contributed by atoms with Gasteiger partial charge < -0.3 is 5.11 Å². The fourth-order valence-corrected chi connectivity index (χ4v) is 1.26. The van der Waals surface area contributed by atoms with Crippen LogP contribution in [-0.2, 0) is 0 Å². The van der Waals surface area contributed by atoms with Crippen LogP contribution in [0.3, 0.4) is 0 Å². The molecule has 0 aromatic heterocycles. The zero-order valence-corrected chi connectivity index (χ0v) is 8.33. The standard InChI is InChI=1S/C12H15FO/c1-9(2)6-7-12(14)10-4-3-5-11(13)8-10/h3-5,8,12,14H,1,6-7H2,2H3. The van der Waals surface area contributed by atoms with Crippen molar-refractivity contribution in [3.63, 3.8) is 0 Å². The zero-order valence-electron chi connectivity index (χ0n) is 8.33. The van der Waals surface area contributed by atoms with E-state index >= 15 is 0 Å². The second kappa shape index (κ2) is 4.91. The zero-order chi connectivity index (χ0) is 10.6. The fraction of sp³-hybridized carbons (Fsp3) is 0.333. The molecule has 0 aliphatic carbocycles. The van der Waals surface area contributed by atoms with Gasteiger partial charge in [0.05, 0.1) is 6.10 Å². The van der Waals surface area contributed by atoms with Crippen LogP contribution < -0.4 is 0 Å². The normalized spacial score (nSPS) is 12.5. The molecule has 0 saturated heterocycles. The minimum absolute atomic E-state index is 0.308. The highest BCUT2D eigenvalue weighted by Gasteiger charge is 2.07. The van der Waals surface area contributed by atoms with Crippen LogP contribution in [0.15, 0.2) is 36.4 Å². The van der Waals surface area contributed by atoms with Gasteiger partial charge in [0, 0.05) is 0 Å². The topological polar surface area (TPSA) is 20.2 Å². The monoisotopic (exact) mass is 194 g/mol. The van der Waals surface area contributed by atoms with Crippen LogP contribution in [0.1, 0.15) is 31.4 Å². The molecular formula is C12H15FO. The van der Waals surface area contributed by atoms with Gasteiger partial charge >= 0.3 is 0 Å². The van der Waals surface area contributed by atoms with Gasteiger partial charge in [-0.1, -0.05) is 17.7 Å². The number of halogens is 1. The molecular weight excluding hydrogens is 179 g/mol. The fourth-order valence-electron chi connectivity index (χ4n) is 1.26. The minimum atomic E-state index is -0.595. The molecule has 1 N–H and O–H groups in total. The van der Waals surface area contributed by atoms with Gasteiger partial charge in [-0.2, -0.15) is 0 Å². The van der Waals surface area contributed by atoms with Crippen molar-refractivity contribution < 1.29 is 9.50 Å². The van der Waals surface area contributed by atoms with Crippen molar-refractivity contribution in [3.8, 4) is 0 Å². The molecule has 0 bridgehead atoms. The van der Waals surface area contributed by atoms with Crippen LogP contribution in [0.5, 0.6) is 0 Å². The van der Waals surface area contributed by atoms with Crippen LogP contribution in [0.25, 0.3) is 0 Å². The first-order chi connectivity index (χ1) is 6.59. The van der Waals surface area contributed by atoms with E-state index in [1.807, 2.05) is 6.92 Å². The molecule has 1 unspecified atom stereocenters. The van der Waals surface area contributed by atoms with Crippen LogP contribution in [-0.4, -0.2) is 5.11 Å². The lowest BCUT2D eigenvalue weighted by Gasteiger charge is -2.10. The highest BCUT2D eigenvalue weighted by molar-refractivity contribution is 5.18. The van der Waals surface area contributed by atoms with Gasteiger partial charge in [-0.25, -0.2) is 4.39 Å². The number of hydrogen-bond donors (Lipinski definition) is 1. The first-order valence-corrected chi connectivity index (χ1v) is 4.67. The Hall–Kier alpha value is -1.15. The minimum Gasteiger partial charge on any atom is -0.388 e. The molecule has 1 nitrogen and oxygen atoms in total. The summed E-state index contributed by atoms with van der Waals surface area (Å²) in [6.07, 6.45) is 0.763. The number of aliphatic hydroxyl groups excluding tert-OH is 1. The molecule has 0 heterocycles. The second-order valence-corrected chi connectivity index (χ2v) is 3.57. The Kier molecular flexibility index (Phi) is 3.84. The lowest BCUT2D eigenvalue weighted by Crippen LogP contribution is -1.97.